The van der Waals surface area contributed by atoms with Crippen molar-refractivity contribution in [2.24, 2.45) is 0 Å². The predicted octanol–water partition coefficient (Wildman–Crippen LogP) is 2.28. The van der Waals surface area contributed by atoms with Gasteiger partial charge in [0.05, 0.1) is 25.1 Å². The van der Waals surface area contributed by atoms with Gasteiger partial charge in [-0.25, -0.2) is 0 Å². The van der Waals surface area contributed by atoms with E-state index in [9.17, 15) is 0 Å². The Morgan fingerprint density at radius 2 is 2.27 bits per heavy atom. The Morgan fingerprint density at radius 3 is 3.09 bits per heavy atom. The fourth-order valence-corrected chi connectivity index (χ4v) is 3.25. The summed E-state index contributed by atoms with van der Waals surface area (Å²) in [6.45, 7) is 4.12. The molecule has 2 aromatic rings. The molecule has 22 heavy (non-hydrogen) atoms. The summed E-state index contributed by atoms with van der Waals surface area (Å²) in [6.07, 6.45) is 8.32. The van der Waals surface area contributed by atoms with Crippen LogP contribution in [0, 0.1) is 0 Å². The molecule has 1 N–H and O–H groups in total. The molecule has 0 aliphatic carbocycles. The molecule has 2 aromatic heterocycles. The molecule has 1 atom stereocenters. The zero-order valence-corrected chi connectivity index (χ0v) is 13.0. The number of hydrogen-bond donors (Lipinski definition) is 1. The van der Waals surface area contributed by atoms with Crippen LogP contribution in [0.5, 0.6) is 0 Å². The van der Waals surface area contributed by atoms with Crippen molar-refractivity contribution in [3.8, 4) is 0 Å². The van der Waals surface area contributed by atoms with Crippen LogP contribution in [0.25, 0.3) is 0 Å². The predicted molar refractivity (Wildman–Crippen MR) is 84.8 cm³/mol. The Labute approximate surface area is 131 Å². The minimum Gasteiger partial charge on any atom is -0.469 e. The van der Waals surface area contributed by atoms with E-state index in [1.54, 1.807) is 6.26 Å². The SMILES string of the molecule is OCCn1ccc(C2CCCN(CCCc3ccco3)C2)n1. The van der Waals surface area contributed by atoms with E-state index in [1.165, 1.54) is 25.1 Å². The summed E-state index contributed by atoms with van der Waals surface area (Å²) in [5, 5.41) is 13.6. The van der Waals surface area contributed by atoms with Gasteiger partial charge in [-0.3, -0.25) is 4.68 Å². The van der Waals surface area contributed by atoms with Crippen molar-refractivity contribution >= 4 is 0 Å². The second-order valence-electron chi connectivity index (χ2n) is 6.05. The van der Waals surface area contributed by atoms with Gasteiger partial charge in [0.15, 0.2) is 0 Å². The summed E-state index contributed by atoms with van der Waals surface area (Å²) in [7, 11) is 0. The van der Waals surface area contributed by atoms with E-state index >= 15 is 0 Å². The molecule has 1 unspecified atom stereocenters. The van der Waals surface area contributed by atoms with Crippen molar-refractivity contribution in [2.75, 3.05) is 26.2 Å². The lowest BCUT2D eigenvalue weighted by Crippen LogP contribution is -2.35. The van der Waals surface area contributed by atoms with Gasteiger partial charge in [-0.2, -0.15) is 5.10 Å². The number of piperidine rings is 1. The Hall–Kier alpha value is -1.59. The lowest BCUT2D eigenvalue weighted by atomic mass is 9.95. The molecule has 1 saturated heterocycles. The lowest BCUT2D eigenvalue weighted by molar-refractivity contribution is 0.202. The summed E-state index contributed by atoms with van der Waals surface area (Å²) >= 11 is 0. The fourth-order valence-electron chi connectivity index (χ4n) is 3.25. The molecule has 0 amide bonds. The molecule has 120 valence electrons. The highest BCUT2D eigenvalue weighted by molar-refractivity contribution is 5.08. The van der Waals surface area contributed by atoms with Gasteiger partial charge < -0.3 is 14.4 Å². The standard InChI is InChI=1S/C17H25N3O2/c21-12-11-20-10-7-17(18-20)15-4-1-8-19(14-15)9-2-5-16-6-3-13-22-16/h3,6-7,10,13,15,21H,1-2,4-5,8-9,11-12,14H2. The molecule has 3 rings (SSSR count). The second kappa shape index (κ2) is 7.61. The maximum Gasteiger partial charge on any atom is 0.103 e. The van der Waals surface area contributed by atoms with E-state index in [2.05, 4.69) is 16.1 Å². The van der Waals surface area contributed by atoms with Crippen LogP contribution in [-0.2, 0) is 13.0 Å². The van der Waals surface area contributed by atoms with Crippen molar-refractivity contribution in [3.63, 3.8) is 0 Å². The van der Waals surface area contributed by atoms with Gasteiger partial charge in [-0.1, -0.05) is 0 Å². The van der Waals surface area contributed by atoms with Crippen molar-refractivity contribution in [1.29, 1.82) is 0 Å². The monoisotopic (exact) mass is 303 g/mol. The summed E-state index contributed by atoms with van der Waals surface area (Å²) in [6, 6.07) is 6.11. The Bertz CT molecular complexity index is 550. The number of aromatic nitrogens is 2. The number of rotatable bonds is 7. The summed E-state index contributed by atoms with van der Waals surface area (Å²) in [5.74, 6) is 1.61. The van der Waals surface area contributed by atoms with Crippen molar-refractivity contribution in [2.45, 2.75) is 38.1 Å². The number of hydrogen-bond acceptors (Lipinski definition) is 4. The number of aliphatic hydroxyl groups is 1. The average Bonchev–Trinajstić information content (AvgIpc) is 3.20. The summed E-state index contributed by atoms with van der Waals surface area (Å²) in [4.78, 5) is 2.54. The summed E-state index contributed by atoms with van der Waals surface area (Å²) in [5.41, 5.74) is 1.17. The minimum absolute atomic E-state index is 0.144. The first-order chi connectivity index (χ1) is 10.8. The third kappa shape index (κ3) is 3.99. The van der Waals surface area contributed by atoms with Gasteiger partial charge in [0.25, 0.3) is 0 Å². The van der Waals surface area contributed by atoms with Crippen LogP contribution in [0.1, 0.15) is 36.6 Å². The highest BCUT2D eigenvalue weighted by Crippen LogP contribution is 2.25. The topological polar surface area (TPSA) is 54.4 Å². The van der Waals surface area contributed by atoms with Crippen molar-refractivity contribution in [3.05, 3.63) is 42.1 Å². The molecule has 0 radical (unpaired) electrons. The molecular weight excluding hydrogens is 278 g/mol. The Balaban J connectivity index is 1.48. The van der Waals surface area contributed by atoms with E-state index in [0.717, 1.165) is 31.7 Å². The van der Waals surface area contributed by atoms with E-state index in [0.29, 0.717) is 12.5 Å². The van der Waals surface area contributed by atoms with E-state index in [4.69, 9.17) is 9.52 Å². The average molecular weight is 303 g/mol. The zero-order chi connectivity index (χ0) is 15.2. The first-order valence-electron chi connectivity index (χ1n) is 8.24. The van der Waals surface area contributed by atoms with Crippen LogP contribution < -0.4 is 0 Å². The lowest BCUT2D eigenvalue weighted by Gasteiger charge is -2.31. The molecule has 1 aliphatic rings. The number of furan rings is 1. The number of likely N-dealkylation sites (tertiary alicyclic amines) is 1. The molecule has 0 spiro atoms. The van der Waals surface area contributed by atoms with E-state index in [1.807, 2.05) is 23.0 Å². The number of nitrogens with zero attached hydrogens (tertiary/aromatic N) is 3. The summed E-state index contributed by atoms with van der Waals surface area (Å²) < 4.78 is 7.23. The first-order valence-corrected chi connectivity index (χ1v) is 8.24. The van der Waals surface area contributed by atoms with Crippen LogP contribution in [0.15, 0.2) is 35.1 Å². The van der Waals surface area contributed by atoms with Crippen molar-refractivity contribution in [1.82, 2.24) is 14.7 Å². The largest absolute Gasteiger partial charge is 0.469 e. The normalized spacial score (nSPS) is 19.6. The van der Waals surface area contributed by atoms with Crippen LogP contribution in [0.3, 0.4) is 0 Å². The highest BCUT2D eigenvalue weighted by atomic mass is 16.3. The third-order valence-corrected chi connectivity index (χ3v) is 4.39. The van der Waals surface area contributed by atoms with Gasteiger partial charge in [0.2, 0.25) is 0 Å². The van der Waals surface area contributed by atoms with Gasteiger partial charge >= 0.3 is 0 Å². The Kier molecular flexibility index (Phi) is 5.29. The molecular formula is C17H25N3O2. The van der Waals surface area contributed by atoms with Crippen molar-refractivity contribution < 1.29 is 9.52 Å². The second-order valence-corrected chi connectivity index (χ2v) is 6.05. The van der Waals surface area contributed by atoms with E-state index < -0.39 is 0 Å². The van der Waals surface area contributed by atoms with Gasteiger partial charge in [0, 0.05) is 25.1 Å². The number of aliphatic hydroxyl groups excluding tert-OH is 1. The molecule has 1 fully saturated rings. The first kappa shape index (κ1) is 15.3. The maximum absolute atomic E-state index is 8.98. The fraction of sp³-hybridized carbons (Fsp3) is 0.588. The van der Waals surface area contributed by atoms with Gasteiger partial charge in [-0.15, -0.1) is 0 Å². The molecule has 3 heterocycles. The molecule has 0 saturated carbocycles. The molecule has 5 heteroatoms. The van der Waals surface area contributed by atoms with Crippen LogP contribution in [0.2, 0.25) is 0 Å². The quantitative estimate of drug-likeness (QED) is 0.852. The molecule has 0 bridgehead atoms. The smallest absolute Gasteiger partial charge is 0.103 e. The maximum atomic E-state index is 8.98. The van der Waals surface area contributed by atoms with Gasteiger partial charge in [-0.05, 0) is 50.6 Å². The highest BCUT2D eigenvalue weighted by Gasteiger charge is 2.22. The zero-order valence-electron chi connectivity index (χ0n) is 13.0. The Morgan fingerprint density at radius 1 is 1.32 bits per heavy atom. The van der Waals surface area contributed by atoms with Crippen LogP contribution in [-0.4, -0.2) is 46.0 Å². The molecule has 1 aliphatic heterocycles. The van der Waals surface area contributed by atoms with Gasteiger partial charge in [0.1, 0.15) is 5.76 Å². The number of aryl methyl sites for hydroxylation is 1. The third-order valence-electron chi connectivity index (χ3n) is 4.39. The van der Waals surface area contributed by atoms with E-state index in [-0.39, 0.29) is 6.61 Å². The van der Waals surface area contributed by atoms with Crippen LogP contribution in [0.4, 0.5) is 0 Å². The molecule has 5 nitrogen and oxygen atoms in total. The van der Waals surface area contributed by atoms with Crippen LogP contribution >= 0.6 is 0 Å². The molecule has 0 aromatic carbocycles. The minimum atomic E-state index is 0.144.